The van der Waals surface area contributed by atoms with E-state index in [0.29, 0.717) is 5.92 Å². The van der Waals surface area contributed by atoms with Crippen LogP contribution in [-0.2, 0) is 11.8 Å². The van der Waals surface area contributed by atoms with E-state index in [1.54, 1.807) is 0 Å². The van der Waals surface area contributed by atoms with E-state index in [0.717, 1.165) is 12.1 Å². The molecule has 34 heavy (non-hydrogen) atoms. The number of benzene rings is 2. The van der Waals surface area contributed by atoms with Gasteiger partial charge in [-0.1, -0.05) is 40.7 Å². The van der Waals surface area contributed by atoms with E-state index >= 15 is 0 Å². The molecule has 0 aliphatic rings. The third-order valence-electron chi connectivity index (χ3n) is 6.76. The zero-order valence-corrected chi connectivity index (χ0v) is 23.0. The van der Waals surface area contributed by atoms with Crippen LogP contribution in [0.3, 0.4) is 0 Å². The standard InChI is InChI=1S/C30H29NS3/c1-16(2)13-22-17(3)33-28-20(22)7-8-24-25(28)21-9-11-31-26(29(21)34-24)19-14-18-10-12-32-27(18)23(15-19)30(4,5)6/h7-12,14-16H,13H2,1-6H3. The summed E-state index contributed by atoms with van der Waals surface area (Å²) in [5, 5.41) is 7.73. The lowest BCUT2D eigenvalue weighted by molar-refractivity contribution is 0.597. The Morgan fingerprint density at radius 2 is 1.74 bits per heavy atom. The summed E-state index contributed by atoms with van der Waals surface area (Å²) in [7, 11) is 0. The summed E-state index contributed by atoms with van der Waals surface area (Å²) in [6, 6.07) is 13.9. The van der Waals surface area contributed by atoms with Crippen LogP contribution in [0.5, 0.6) is 0 Å². The first-order valence-corrected chi connectivity index (χ1v) is 14.5. The molecule has 0 saturated carbocycles. The maximum absolute atomic E-state index is 4.95. The molecule has 4 heteroatoms. The quantitative estimate of drug-likeness (QED) is 0.236. The van der Waals surface area contributed by atoms with Gasteiger partial charge in [-0.05, 0) is 82.3 Å². The lowest BCUT2D eigenvalue weighted by atomic mass is 9.85. The Labute approximate surface area is 213 Å². The van der Waals surface area contributed by atoms with Crippen molar-refractivity contribution in [2.45, 2.75) is 53.4 Å². The van der Waals surface area contributed by atoms with Gasteiger partial charge in [0.15, 0.2) is 0 Å². The SMILES string of the molecule is Cc1sc2c(ccc3sc4c(-c5cc(C(C)(C)C)c6sccc6c5)nccc4c32)c1CC(C)C. The van der Waals surface area contributed by atoms with Crippen molar-refractivity contribution in [1.29, 1.82) is 0 Å². The van der Waals surface area contributed by atoms with Crippen molar-refractivity contribution in [1.82, 2.24) is 4.98 Å². The van der Waals surface area contributed by atoms with Gasteiger partial charge in [-0.15, -0.1) is 34.0 Å². The Morgan fingerprint density at radius 3 is 2.50 bits per heavy atom. The van der Waals surface area contributed by atoms with E-state index in [9.17, 15) is 0 Å². The van der Waals surface area contributed by atoms with E-state index in [2.05, 4.69) is 83.3 Å². The first kappa shape index (κ1) is 22.2. The van der Waals surface area contributed by atoms with Crippen LogP contribution in [0.1, 0.15) is 50.6 Å². The number of aromatic nitrogens is 1. The van der Waals surface area contributed by atoms with Gasteiger partial charge in [0.2, 0.25) is 0 Å². The molecule has 4 aromatic heterocycles. The minimum absolute atomic E-state index is 0.0840. The number of thiophene rings is 3. The molecule has 0 saturated heterocycles. The monoisotopic (exact) mass is 499 g/mol. The molecule has 0 aliphatic carbocycles. The second kappa shape index (κ2) is 7.87. The summed E-state index contributed by atoms with van der Waals surface area (Å²) in [5.74, 6) is 0.659. The molecule has 0 unspecified atom stereocenters. The van der Waals surface area contributed by atoms with E-state index < -0.39 is 0 Å². The average molecular weight is 500 g/mol. The minimum atomic E-state index is 0.0840. The lowest BCUT2D eigenvalue weighted by Gasteiger charge is -2.21. The van der Waals surface area contributed by atoms with Crippen molar-refractivity contribution in [3.05, 3.63) is 64.0 Å². The van der Waals surface area contributed by atoms with Gasteiger partial charge >= 0.3 is 0 Å². The number of aryl methyl sites for hydroxylation is 1. The smallest absolute Gasteiger partial charge is 0.0880 e. The van der Waals surface area contributed by atoms with Crippen LogP contribution in [0.25, 0.3) is 51.6 Å². The van der Waals surface area contributed by atoms with Crippen LogP contribution in [0.4, 0.5) is 0 Å². The van der Waals surface area contributed by atoms with Crippen LogP contribution in [-0.4, -0.2) is 4.98 Å². The Kier molecular flexibility index (Phi) is 5.14. The topological polar surface area (TPSA) is 12.9 Å². The average Bonchev–Trinajstić information content (AvgIpc) is 3.47. The summed E-state index contributed by atoms with van der Waals surface area (Å²) in [5.41, 5.74) is 5.36. The summed E-state index contributed by atoms with van der Waals surface area (Å²) < 4.78 is 5.50. The molecule has 2 aromatic carbocycles. The highest BCUT2D eigenvalue weighted by atomic mass is 32.1. The van der Waals surface area contributed by atoms with E-state index in [-0.39, 0.29) is 5.41 Å². The van der Waals surface area contributed by atoms with Crippen molar-refractivity contribution >= 4 is 74.4 Å². The summed E-state index contributed by atoms with van der Waals surface area (Å²) >= 11 is 5.71. The molecular formula is C30H29NS3. The first-order chi connectivity index (χ1) is 16.2. The van der Waals surface area contributed by atoms with Crippen LogP contribution in [0.15, 0.2) is 48.0 Å². The van der Waals surface area contributed by atoms with Gasteiger partial charge in [-0.3, -0.25) is 4.98 Å². The lowest BCUT2D eigenvalue weighted by Crippen LogP contribution is -2.11. The highest BCUT2D eigenvalue weighted by Crippen LogP contribution is 2.46. The zero-order valence-electron chi connectivity index (χ0n) is 20.6. The molecule has 0 amide bonds. The third-order valence-corrected chi connectivity index (χ3v) is 10.1. The van der Waals surface area contributed by atoms with Crippen molar-refractivity contribution in [2.24, 2.45) is 5.92 Å². The van der Waals surface area contributed by atoms with Crippen molar-refractivity contribution in [2.75, 3.05) is 0 Å². The maximum atomic E-state index is 4.95. The minimum Gasteiger partial charge on any atom is -0.255 e. The van der Waals surface area contributed by atoms with Gasteiger partial charge in [0.25, 0.3) is 0 Å². The molecular weight excluding hydrogens is 471 g/mol. The fraction of sp³-hybridized carbons (Fsp3) is 0.300. The van der Waals surface area contributed by atoms with E-state index in [4.69, 9.17) is 4.98 Å². The molecule has 0 N–H and O–H groups in total. The highest BCUT2D eigenvalue weighted by Gasteiger charge is 2.22. The molecule has 172 valence electrons. The van der Waals surface area contributed by atoms with E-state index in [1.807, 2.05) is 40.2 Å². The van der Waals surface area contributed by atoms with Gasteiger partial charge in [-0.25, -0.2) is 0 Å². The highest BCUT2D eigenvalue weighted by molar-refractivity contribution is 7.28. The molecule has 6 aromatic rings. The number of pyridine rings is 1. The van der Waals surface area contributed by atoms with Gasteiger partial charge in [0.1, 0.15) is 0 Å². The van der Waals surface area contributed by atoms with Crippen LogP contribution >= 0.6 is 34.0 Å². The number of hydrogen-bond acceptors (Lipinski definition) is 4. The van der Waals surface area contributed by atoms with Crippen molar-refractivity contribution in [3.8, 4) is 11.3 Å². The Hall–Kier alpha value is -2.27. The maximum Gasteiger partial charge on any atom is 0.0880 e. The normalized spacial score (nSPS) is 12.8. The Morgan fingerprint density at radius 1 is 0.912 bits per heavy atom. The second-order valence-electron chi connectivity index (χ2n) is 10.8. The van der Waals surface area contributed by atoms with Gasteiger partial charge in [0, 0.05) is 41.5 Å². The Bertz CT molecular complexity index is 1700. The molecule has 6 rings (SSSR count). The second-order valence-corrected chi connectivity index (χ2v) is 14.0. The number of fused-ring (bicyclic) bond motifs is 6. The summed E-state index contributed by atoms with van der Waals surface area (Å²) in [6.45, 7) is 13.8. The molecule has 0 bridgehead atoms. The van der Waals surface area contributed by atoms with Gasteiger partial charge < -0.3 is 0 Å². The molecule has 0 aliphatic heterocycles. The molecule has 0 atom stereocenters. The van der Waals surface area contributed by atoms with Crippen molar-refractivity contribution < 1.29 is 0 Å². The Balaban J connectivity index is 1.65. The fourth-order valence-corrected chi connectivity index (χ4v) is 8.79. The van der Waals surface area contributed by atoms with Gasteiger partial charge in [-0.2, -0.15) is 0 Å². The summed E-state index contributed by atoms with van der Waals surface area (Å²) in [6.07, 6.45) is 3.15. The van der Waals surface area contributed by atoms with Crippen LogP contribution in [0, 0.1) is 12.8 Å². The van der Waals surface area contributed by atoms with Crippen molar-refractivity contribution in [3.63, 3.8) is 0 Å². The zero-order chi connectivity index (χ0) is 23.8. The third kappa shape index (κ3) is 3.42. The van der Waals surface area contributed by atoms with Gasteiger partial charge in [0.05, 0.1) is 10.4 Å². The first-order valence-electron chi connectivity index (χ1n) is 12.0. The predicted octanol–water partition coefficient (Wildman–Crippen LogP) is 10.4. The van der Waals surface area contributed by atoms with E-state index in [1.165, 1.54) is 61.9 Å². The number of hydrogen-bond donors (Lipinski definition) is 0. The van der Waals surface area contributed by atoms with Crippen LogP contribution < -0.4 is 0 Å². The largest absolute Gasteiger partial charge is 0.255 e. The fourth-order valence-electron chi connectivity index (χ4n) is 5.15. The summed E-state index contributed by atoms with van der Waals surface area (Å²) in [4.78, 5) is 6.41. The number of nitrogens with zero attached hydrogens (tertiary/aromatic N) is 1. The number of rotatable bonds is 3. The molecule has 0 spiro atoms. The molecule has 0 radical (unpaired) electrons. The van der Waals surface area contributed by atoms with Crippen LogP contribution in [0.2, 0.25) is 0 Å². The molecule has 4 heterocycles. The molecule has 0 fully saturated rings. The predicted molar refractivity (Wildman–Crippen MR) is 155 cm³/mol. The molecule has 1 nitrogen and oxygen atoms in total.